The first-order valence-electron chi connectivity index (χ1n) is 8.33. The number of amides is 2. The normalized spacial score (nSPS) is 10.4. The van der Waals surface area contributed by atoms with E-state index in [9.17, 15) is 14.0 Å². The summed E-state index contributed by atoms with van der Waals surface area (Å²) in [5, 5.41) is 5.59. The third-order valence-electron chi connectivity index (χ3n) is 3.76. The van der Waals surface area contributed by atoms with Crippen molar-refractivity contribution in [3.05, 3.63) is 82.1 Å². The van der Waals surface area contributed by atoms with E-state index >= 15 is 0 Å². The van der Waals surface area contributed by atoms with Crippen LogP contribution in [0.1, 0.15) is 26.4 Å². The Morgan fingerprint density at radius 2 is 1.96 bits per heavy atom. The zero-order valence-corrected chi connectivity index (χ0v) is 15.5. The molecule has 0 fully saturated rings. The van der Waals surface area contributed by atoms with Gasteiger partial charge >= 0.3 is 0 Å². The van der Waals surface area contributed by atoms with Gasteiger partial charge in [-0.1, -0.05) is 35.9 Å². The van der Waals surface area contributed by atoms with Gasteiger partial charge in [0.15, 0.2) is 5.13 Å². The van der Waals surface area contributed by atoms with Gasteiger partial charge in [-0.05, 0) is 30.7 Å². The Bertz CT molecular complexity index is 971. The van der Waals surface area contributed by atoms with E-state index in [-0.39, 0.29) is 12.1 Å². The Morgan fingerprint density at radius 3 is 2.74 bits per heavy atom. The third kappa shape index (κ3) is 5.46. The highest BCUT2D eigenvalue weighted by Gasteiger charge is 2.11. The molecule has 0 aliphatic heterocycles. The van der Waals surface area contributed by atoms with Crippen LogP contribution in [0.3, 0.4) is 0 Å². The molecule has 1 heterocycles. The number of thiazole rings is 1. The smallest absolute Gasteiger partial charge is 0.251 e. The van der Waals surface area contributed by atoms with E-state index in [1.807, 2.05) is 25.1 Å². The number of halogens is 1. The molecule has 0 radical (unpaired) electrons. The van der Waals surface area contributed by atoms with Crippen molar-refractivity contribution < 1.29 is 14.0 Å². The minimum absolute atomic E-state index is 0.164. The highest BCUT2D eigenvalue weighted by atomic mass is 32.1. The molecule has 2 N–H and O–H groups in total. The molecule has 3 rings (SSSR count). The van der Waals surface area contributed by atoms with Crippen LogP contribution in [-0.2, 0) is 11.2 Å². The van der Waals surface area contributed by atoms with E-state index in [1.54, 1.807) is 6.20 Å². The van der Waals surface area contributed by atoms with Gasteiger partial charge in [0.2, 0.25) is 5.91 Å². The SMILES string of the molecule is Cc1cccc(Cc2cnc(NC(=O)CNC(=O)c3cccc(F)c3)s2)c1. The number of carbonyl (C=O) groups is 2. The average molecular weight is 383 g/mol. The fourth-order valence-electron chi connectivity index (χ4n) is 2.53. The van der Waals surface area contributed by atoms with Crippen LogP contribution >= 0.6 is 11.3 Å². The molecule has 0 atom stereocenters. The second-order valence-electron chi connectivity index (χ2n) is 6.04. The van der Waals surface area contributed by atoms with Crippen LogP contribution in [0.15, 0.2) is 54.7 Å². The average Bonchev–Trinajstić information content (AvgIpc) is 3.06. The van der Waals surface area contributed by atoms with Crippen molar-refractivity contribution in [3.8, 4) is 0 Å². The summed E-state index contributed by atoms with van der Waals surface area (Å²) in [6.45, 7) is 1.82. The first-order chi connectivity index (χ1) is 13.0. The van der Waals surface area contributed by atoms with Gasteiger partial charge < -0.3 is 10.6 Å². The van der Waals surface area contributed by atoms with Crippen LogP contribution < -0.4 is 10.6 Å². The molecule has 1 aromatic heterocycles. The van der Waals surface area contributed by atoms with Gasteiger partial charge in [0.1, 0.15) is 5.82 Å². The predicted octanol–water partition coefficient (Wildman–Crippen LogP) is 3.55. The van der Waals surface area contributed by atoms with E-state index in [0.29, 0.717) is 5.13 Å². The fourth-order valence-corrected chi connectivity index (χ4v) is 3.39. The second kappa shape index (κ2) is 8.55. The van der Waals surface area contributed by atoms with Gasteiger partial charge in [-0.15, -0.1) is 11.3 Å². The van der Waals surface area contributed by atoms with Crippen molar-refractivity contribution in [2.75, 3.05) is 11.9 Å². The lowest BCUT2D eigenvalue weighted by atomic mass is 10.1. The van der Waals surface area contributed by atoms with Crippen LogP contribution in [0.25, 0.3) is 0 Å². The van der Waals surface area contributed by atoms with Gasteiger partial charge in [0.05, 0.1) is 6.54 Å². The first kappa shape index (κ1) is 18.7. The Balaban J connectivity index is 1.51. The number of anilines is 1. The van der Waals surface area contributed by atoms with Crippen LogP contribution in [0.4, 0.5) is 9.52 Å². The minimum Gasteiger partial charge on any atom is -0.343 e. The monoisotopic (exact) mass is 383 g/mol. The summed E-state index contributed by atoms with van der Waals surface area (Å²) in [5.74, 6) is -1.41. The molecule has 2 aromatic carbocycles. The van der Waals surface area contributed by atoms with Gasteiger partial charge in [-0.25, -0.2) is 9.37 Å². The summed E-state index contributed by atoms with van der Waals surface area (Å²) in [6, 6.07) is 13.5. The molecule has 0 aliphatic rings. The lowest BCUT2D eigenvalue weighted by Crippen LogP contribution is -2.32. The number of rotatable bonds is 6. The maximum atomic E-state index is 13.1. The number of hydrogen-bond donors (Lipinski definition) is 2. The van der Waals surface area contributed by atoms with E-state index < -0.39 is 17.6 Å². The number of benzene rings is 2. The minimum atomic E-state index is -0.510. The molecule has 5 nitrogen and oxygen atoms in total. The Hall–Kier alpha value is -3.06. The van der Waals surface area contributed by atoms with Crippen molar-refractivity contribution in [1.82, 2.24) is 10.3 Å². The second-order valence-corrected chi connectivity index (χ2v) is 7.15. The lowest BCUT2D eigenvalue weighted by molar-refractivity contribution is -0.115. The van der Waals surface area contributed by atoms with E-state index in [0.717, 1.165) is 17.4 Å². The van der Waals surface area contributed by atoms with Crippen molar-refractivity contribution in [2.45, 2.75) is 13.3 Å². The number of nitrogens with one attached hydrogen (secondary N) is 2. The summed E-state index contributed by atoms with van der Waals surface area (Å²) in [7, 11) is 0. The van der Waals surface area contributed by atoms with E-state index in [2.05, 4.69) is 21.7 Å². The molecular weight excluding hydrogens is 365 g/mol. The van der Waals surface area contributed by atoms with E-state index in [1.165, 1.54) is 40.7 Å². The maximum Gasteiger partial charge on any atom is 0.251 e. The largest absolute Gasteiger partial charge is 0.343 e. The highest BCUT2D eigenvalue weighted by Crippen LogP contribution is 2.21. The fraction of sp³-hybridized carbons (Fsp3) is 0.150. The van der Waals surface area contributed by atoms with Gasteiger partial charge in [0.25, 0.3) is 5.91 Å². The van der Waals surface area contributed by atoms with Crippen LogP contribution in [0, 0.1) is 12.7 Å². The van der Waals surface area contributed by atoms with Gasteiger partial charge in [-0.3, -0.25) is 9.59 Å². The quantitative estimate of drug-likeness (QED) is 0.684. The van der Waals surface area contributed by atoms with Crippen molar-refractivity contribution in [1.29, 1.82) is 0 Å². The highest BCUT2D eigenvalue weighted by molar-refractivity contribution is 7.15. The molecule has 0 saturated carbocycles. The molecule has 2 amide bonds. The molecule has 7 heteroatoms. The zero-order chi connectivity index (χ0) is 19.2. The Labute approximate surface area is 160 Å². The summed E-state index contributed by atoms with van der Waals surface area (Å²) in [5.41, 5.74) is 2.54. The summed E-state index contributed by atoms with van der Waals surface area (Å²) >= 11 is 1.39. The number of nitrogens with zero attached hydrogens (tertiary/aromatic N) is 1. The first-order valence-corrected chi connectivity index (χ1v) is 9.15. The van der Waals surface area contributed by atoms with Crippen LogP contribution in [-0.4, -0.2) is 23.3 Å². The molecular formula is C20H18FN3O2S. The predicted molar refractivity (Wildman–Crippen MR) is 103 cm³/mol. The molecule has 138 valence electrons. The molecule has 3 aromatic rings. The molecule has 0 aliphatic carbocycles. The van der Waals surface area contributed by atoms with E-state index in [4.69, 9.17) is 0 Å². The molecule has 0 bridgehead atoms. The standard InChI is InChI=1S/C20H18FN3O2S/c1-13-4-2-5-14(8-13)9-17-11-23-20(27-17)24-18(25)12-22-19(26)15-6-3-7-16(21)10-15/h2-8,10-11H,9,12H2,1H3,(H,22,26)(H,23,24,25). The molecule has 0 spiro atoms. The maximum absolute atomic E-state index is 13.1. The number of carbonyl (C=O) groups excluding carboxylic acids is 2. The van der Waals surface area contributed by atoms with Crippen LogP contribution in [0.5, 0.6) is 0 Å². The van der Waals surface area contributed by atoms with Gasteiger partial charge in [-0.2, -0.15) is 0 Å². The number of aromatic nitrogens is 1. The van der Waals surface area contributed by atoms with Crippen molar-refractivity contribution in [2.24, 2.45) is 0 Å². The summed E-state index contributed by atoms with van der Waals surface area (Å²) < 4.78 is 13.1. The third-order valence-corrected chi connectivity index (χ3v) is 4.67. The van der Waals surface area contributed by atoms with Gasteiger partial charge in [0, 0.05) is 23.1 Å². The number of hydrogen-bond acceptors (Lipinski definition) is 4. The summed E-state index contributed by atoms with van der Waals surface area (Å²) in [6.07, 6.45) is 2.47. The molecule has 0 unspecified atom stereocenters. The van der Waals surface area contributed by atoms with Crippen molar-refractivity contribution in [3.63, 3.8) is 0 Å². The summed E-state index contributed by atoms with van der Waals surface area (Å²) in [4.78, 5) is 29.1. The van der Waals surface area contributed by atoms with Crippen molar-refractivity contribution >= 4 is 28.3 Å². The lowest BCUT2D eigenvalue weighted by Gasteiger charge is -2.05. The Morgan fingerprint density at radius 1 is 1.15 bits per heavy atom. The Kier molecular flexibility index (Phi) is 5.93. The zero-order valence-electron chi connectivity index (χ0n) is 14.7. The number of aryl methyl sites for hydroxylation is 1. The molecule has 27 heavy (non-hydrogen) atoms. The molecule has 0 saturated heterocycles. The van der Waals surface area contributed by atoms with Crippen LogP contribution in [0.2, 0.25) is 0 Å². The topological polar surface area (TPSA) is 71.1 Å².